The lowest BCUT2D eigenvalue weighted by molar-refractivity contribution is -0.384. The largest absolute Gasteiger partial charge is 0.454 e. The first kappa shape index (κ1) is 25.4. The lowest BCUT2D eigenvalue weighted by atomic mass is 10.1. The topological polar surface area (TPSA) is 141 Å². The van der Waals surface area contributed by atoms with Crippen LogP contribution in [0.15, 0.2) is 36.5 Å². The Morgan fingerprint density at radius 1 is 1.28 bits per heavy atom. The Labute approximate surface area is 197 Å². The van der Waals surface area contributed by atoms with Gasteiger partial charge in [0.25, 0.3) is 17.5 Å². The molecule has 0 aliphatic rings. The number of hydrogen-bond acceptors (Lipinski definition) is 8. The minimum absolute atomic E-state index is 0.0387. The molecule has 1 aromatic heterocycles. The van der Waals surface area contributed by atoms with E-state index in [4.69, 9.17) is 27.9 Å². The van der Waals surface area contributed by atoms with E-state index in [2.05, 4.69) is 15.6 Å². The van der Waals surface area contributed by atoms with Crippen LogP contribution in [-0.2, 0) is 14.3 Å². The van der Waals surface area contributed by atoms with Crippen molar-refractivity contribution < 1.29 is 24.0 Å². The molecule has 2 rings (SSSR count). The number of anilines is 1. The van der Waals surface area contributed by atoms with Gasteiger partial charge in [-0.3, -0.25) is 19.7 Å². The van der Waals surface area contributed by atoms with Gasteiger partial charge in [-0.1, -0.05) is 23.2 Å². The van der Waals surface area contributed by atoms with Crippen molar-refractivity contribution in [3.05, 3.63) is 62.4 Å². The van der Waals surface area contributed by atoms with Crippen LogP contribution < -0.4 is 10.6 Å². The number of aromatic nitrogens is 1. The highest BCUT2D eigenvalue weighted by atomic mass is 35.5. The molecule has 0 bridgehead atoms. The fourth-order valence-corrected chi connectivity index (χ4v) is 3.32. The Balaban J connectivity index is 2.01. The molecule has 0 aliphatic carbocycles. The van der Waals surface area contributed by atoms with E-state index in [1.165, 1.54) is 30.1 Å². The van der Waals surface area contributed by atoms with Crippen molar-refractivity contribution in [1.82, 2.24) is 10.3 Å². The Hall–Kier alpha value is -2.89. The zero-order valence-corrected chi connectivity index (χ0v) is 19.0. The third kappa shape index (κ3) is 7.36. The summed E-state index contributed by atoms with van der Waals surface area (Å²) in [5, 5.41) is 15.7. The Bertz CT molecular complexity index is 1020. The van der Waals surface area contributed by atoms with Crippen molar-refractivity contribution in [3.8, 4) is 0 Å². The van der Waals surface area contributed by atoms with E-state index in [1.807, 2.05) is 6.26 Å². The maximum absolute atomic E-state index is 12.6. The molecule has 0 saturated carbocycles. The third-order valence-electron chi connectivity index (χ3n) is 3.99. The summed E-state index contributed by atoms with van der Waals surface area (Å²) < 4.78 is 5.03. The fraction of sp³-hybridized carbons (Fsp3) is 0.263. The lowest BCUT2D eigenvalue weighted by Gasteiger charge is -2.17. The molecule has 32 heavy (non-hydrogen) atoms. The first-order valence-electron chi connectivity index (χ1n) is 9.03. The molecule has 10 nitrogen and oxygen atoms in total. The van der Waals surface area contributed by atoms with Gasteiger partial charge in [0.2, 0.25) is 0 Å². The summed E-state index contributed by atoms with van der Waals surface area (Å²) in [5.74, 6) is -1.65. The smallest absolute Gasteiger partial charge is 0.329 e. The SMILES string of the molecule is CSCC[C@H](NC(=O)c1ccc([N+](=O)[O-])cc1Cl)C(=O)OCC(=O)Nc1cccnc1Cl. The average molecular weight is 501 g/mol. The fourth-order valence-electron chi connectivity index (χ4n) is 2.43. The molecule has 1 heterocycles. The molecular weight excluding hydrogens is 483 g/mol. The van der Waals surface area contributed by atoms with Crippen LogP contribution in [0.4, 0.5) is 11.4 Å². The van der Waals surface area contributed by atoms with Gasteiger partial charge in [-0.25, -0.2) is 9.78 Å². The summed E-state index contributed by atoms with van der Waals surface area (Å²) in [5.41, 5.74) is -0.0527. The molecule has 170 valence electrons. The second kappa shape index (κ2) is 12.2. The minimum Gasteiger partial charge on any atom is -0.454 e. The van der Waals surface area contributed by atoms with Gasteiger partial charge >= 0.3 is 5.97 Å². The maximum Gasteiger partial charge on any atom is 0.329 e. The molecule has 2 aromatic rings. The summed E-state index contributed by atoms with van der Waals surface area (Å²) in [7, 11) is 0. The molecule has 0 saturated heterocycles. The van der Waals surface area contributed by atoms with Crippen molar-refractivity contribution in [2.75, 3.05) is 23.9 Å². The second-order valence-corrected chi connectivity index (χ2v) is 7.98. The number of carbonyl (C=O) groups is 3. The highest BCUT2D eigenvalue weighted by molar-refractivity contribution is 7.98. The highest BCUT2D eigenvalue weighted by Crippen LogP contribution is 2.23. The molecule has 1 atom stereocenters. The number of pyridine rings is 1. The molecule has 0 spiro atoms. The summed E-state index contributed by atoms with van der Waals surface area (Å²) in [6, 6.07) is 5.41. The van der Waals surface area contributed by atoms with Crippen LogP contribution in [0.2, 0.25) is 10.2 Å². The van der Waals surface area contributed by atoms with Crippen LogP contribution in [0.5, 0.6) is 0 Å². The minimum atomic E-state index is -1.06. The standard InChI is InChI=1S/C19H18Cl2N4O6S/c1-32-8-6-15(24-18(27)12-5-4-11(25(29)30)9-13(12)20)19(28)31-10-16(26)23-14-3-2-7-22-17(14)21/h2-5,7,9,15H,6,8,10H2,1H3,(H,23,26)(H,24,27)/t15-/m0/s1. The molecule has 2 amide bonds. The zero-order valence-electron chi connectivity index (χ0n) is 16.7. The van der Waals surface area contributed by atoms with Crippen molar-refractivity contribution in [2.24, 2.45) is 0 Å². The molecule has 0 fully saturated rings. The predicted octanol–water partition coefficient (Wildman–Crippen LogP) is 3.33. The number of amides is 2. The van der Waals surface area contributed by atoms with E-state index in [1.54, 1.807) is 6.07 Å². The van der Waals surface area contributed by atoms with Gasteiger partial charge in [0, 0.05) is 18.3 Å². The maximum atomic E-state index is 12.6. The first-order valence-corrected chi connectivity index (χ1v) is 11.2. The number of hydrogen-bond donors (Lipinski definition) is 2. The van der Waals surface area contributed by atoms with Crippen LogP contribution in [0.3, 0.4) is 0 Å². The van der Waals surface area contributed by atoms with Crippen LogP contribution in [0, 0.1) is 10.1 Å². The number of nitro groups is 1. The number of nitrogens with one attached hydrogen (secondary N) is 2. The van der Waals surface area contributed by atoms with Crippen LogP contribution in [0.1, 0.15) is 16.8 Å². The van der Waals surface area contributed by atoms with Crippen molar-refractivity contribution >= 4 is 64.1 Å². The quantitative estimate of drug-likeness (QED) is 0.219. The van der Waals surface area contributed by atoms with Gasteiger partial charge in [0.1, 0.15) is 6.04 Å². The highest BCUT2D eigenvalue weighted by Gasteiger charge is 2.25. The Morgan fingerprint density at radius 3 is 2.66 bits per heavy atom. The summed E-state index contributed by atoms with van der Waals surface area (Å²) in [4.78, 5) is 51.1. The van der Waals surface area contributed by atoms with Crippen LogP contribution in [0.25, 0.3) is 0 Å². The molecule has 0 unspecified atom stereocenters. The number of non-ortho nitro benzene ring substituents is 1. The zero-order chi connectivity index (χ0) is 23.7. The average Bonchev–Trinajstić information content (AvgIpc) is 2.76. The van der Waals surface area contributed by atoms with Crippen molar-refractivity contribution in [2.45, 2.75) is 12.5 Å². The monoisotopic (exact) mass is 500 g/mol. The number of carbonyl (C=O) groups excluding carboxylic acids is 3. The van der Waals surface area contributed by atoms with Gasteiger partial charge in [-0.15, -0.1) is 0 Å². The molecule has 0 aliphatic heterocycles. The Morgan fingerprint density at radius 2 is 2.03 bits per heavy atom. The second-order valence-electron chi connectivity index (χ2n) is 6.23. The van der Waals surface area contributed by atoms with Gasteiger partial charge in [-0.2, -0.15) is 11.8 Å². The van der Waals surface area contributed by atoms with E-state index in [9.17, 15) is 24.5 Å². The summed E-state index contributed by atoms with van der Waals surface area (Å²) in [6.45, 7) is -0.603. The van der Waals surface area contributed by atoms with E-state index in [0.29, 0.717) is 5.75 Å². The first-order chi connectivity index (χ1) is 15.2. The summed E-state index contributed by atoms with van der Waals surface area (Å²) >= 11 is 13.3. The van der Waals surface area contributed by atoms with Crippen LogP contribution >= 0.6 is 35.0 Å². The lowest BCUT2D eigenvalue weighted by Crippen LogP contribution is -2.43. The molecule has 0 radical (unpaired) electrons. The molecular formula is C19H18Cl2N4O6S. The normalized spacial score (nSPS) is 11.3. The summed E-state index contributed by atoms with van der Waals surface area (Å²) in [6.07, 6.45) is 3.50. The number of halogens is 2. The number of nitrogens with zero attached hydrogens (tertiary/aromatic N) is 2. The molecule has 2 N–H and O–H groups in total. The van der Waals surface area contributed by atoms with Crippen LogP contribution in [-0.4, -0.2) is 52.3 Å². The predicted molar refractivity (Wildman–Crippen MR) is 121 cm³/mol. The number of benzene rings is 1. The number of esters is 1. The van der Waals surface area contributed by atoms with Gasteiger partial charge in [0.15, 0.2) is 11.8 Å². The molecule has 13 heteroatoms. The number of nitro benzene ring substituents is 1. The molecule has 1 aromatic carbocycles. The number of thioether (sulfide) groups is 1. The van der Waals surface area contributed by atoms with Crippen molar-refractivity contribution in [3.63, 3.8) is 0 Å². The van der Waals surface area contributed by atoms with E-state index < -0.39 is 35.4 Å². The van der Waals surface area contributed by atoms with Gasteiger partial charge in [-0.05, 0) is 36.6 Å². The third-order valence-corrected chi connectivity index (χ3v) is 5.25. The number of ether oxygens (including phenoxy) is 1. The van der Waals surface area contributed by atoms with E-state index >= 15 is 0 Å². The number of rotatable bonds is 10. The Kier molecular flexibility index (Phi) is 9.69. The van der Waals surface area contributed by atoms with E-state index in [0.717, 1.165) is 12.1 Å². The van der Waals surface area contributed by atoms with Gasteiger partial charge < -0.3 is 15.4 Å². The van der Waals surface area contributed by atoms with Crippen molar-refractivity contribution in [1.29, 1.82) is 0 Å². The van der Waals surface area contributed by atoms with Gasteiger partial charge in [0.05, 0.1) is 21.2 Å². The van der Waals surface area contributed by atoms with E-state index in [-0.39, 0.29) is 33.5 Å².